The molecule has 1 fully saturated rings. The molecule has 0 aromatic heterocycles. The largest absolute Gasteiger partial charge is 0.339 e. The van der Waals surface area contributed by atoms with Crippen LogP contribution in [0.25, 0.3) is 0 Å². The van der Waals surface area contributed by atoms with Crippen molar-refractivity contribution in [1.29, 1.82) is 0 Å². The van der Waals surface area contributed by atoms with Crippen LogP contribution in [-0.2, 0) is 16.0 Å². The standard InChI is InChI=1S/C19H28ClN3O2.ClH/c20-17-8-5-4-7-16(17)15-19(25)23-13-11-22(12-14-23)18(24)9-3-1-2-6-10-21;/h4-5,7-8H,1-3,6,9-15,21H2;1H. The van der Waals surface area contributed by atoms with Crippen molar-refractivity contribution in [2.75, 3.05) is 32.7 Å². The summed E-state index contributed by atoms with van der Waals surface area (Å²) in [6.07, 6.45) is 5.01. The minimum absolute atomic E-state index is 0. The van der Waals surface area contributed by atoms with E-state index in [0.717, 1.165) is 37.8 Å². The number of amides is 2. The van der Waals surface area contributed by atoms with Gasteiger partial charge in [0.05, 0.1) is 6.42 Å². The first-order valence-corrected chi connectivity index (χ1v) is 9.48. The lowest BCUT2D eigenvalue weighted by Gasteiger charge is -2.35. The molecule has 0 saturated carbocycles. The average Bonchev–Trinajstić information content (AvgIpc) is 2.63. The highest BCUT2D eigenvalue weighted by atomic mass is 35.5. The summed E-state index contributed by atoms with van der Waals surface area (Å²) in [4.78, 5) is 28.4. The summed E-state index contributed by atoms with van der Waals surface area (Å²) in [5, 5.41) is 0.624. The van der Waals surface area contributed by atoms with Gasteiger partial charge in [0, 0.05) is 37.6 Å². The molecule has 146 valence electrons. The van der Waals surface area contributed by atoms with E-state index < -0.39 is 0 Å². The van der Waals surface area contributed by atoms with Crippen molar-refractivity contribution in [2.45, 2.75) is 38.5 Å². The highest BCUT2D eigenvalue weighted by molar-refractivity contribution is 6.31. The van der Waals surface area contributed by atoms with Crippen LogP contribution in [-0.4, -0.2) is 54.3 Å². The molecule has 2 amide bonds. The molecule has 1 aliphatic heterocycles. The third-order valence-corrected chi connectivity index (χ3v) is 5.00. The zero-order chi connectivity index (χ0) is 18.1. The molecule has 2 N–H and O–H groups in total. The maximum Gasteiger partial charge on any atom is 0.227 e. The van der Waals surface area contributed by atoms with Gasteiger partial charge in [-0.3, -0.25) is 9.59 Å². The quantitative estimate of drug-likeness (QED) is 0.680. The lowest BCUT2D eigenvalue weighted by Crippen LogP contribution is -2.51. The van der Waals surface area contributed by atoms with E-state index in [1.54, 1.807) is 6.07 Å². The maximum atomic E-state index is 12.4. The van der Waals surface area contributed by atoms with Crippen LogP contribution >= 0.6 is 24.0 Å². The first-order valence-electron chi connectivity index (χ1n) is 9.11. The van der Waals surface area contributed by atoms with Crippen molar-refractivity contribution >= 4 is 35.8 Å². The number of hydrogen-bond acceptors (Lipinski definition) is 3. The van der Waals surface area contributed by atoms with Crippen LogP contribution in [0.5, 0.6) is 0 Å². The molecule has 1 saturated heterocycles. The molecule has 0 atom stereocenters. The highest BCUT2D eigenvalue weighted by Crippen LogP contribution is 2.17. The number of unbranched alkanes of at least 4 members (excludes halogenated alkanes) is 3. The summed E-state index contributed by atoms with van der Waals surface area (Å²) < 4.78 is 0. The Kier molecular flexibility index (Phi) is 10.6. The lowest BCUT2D eigenvalue weighted by molar-refractivity contribution is -0.139. The van der Waals surface area contributed by atoms with E-state index in [1.165, 1.54) is 0 Å². The number of hydrogen-bond donors (Lipinski definition) is 1. The predicted molar refractivity (Wildman–Crippen MR) is 108 cm³/mol. The fraction of sp³-hybridized carbons (Fsp3) is 0.579. The Morgan fingerprint density at radius 2 is 1.50 bits per heavy atom. The van der Waals surface area contributed by atoms with E-state index in [-0.39, 0.29) is 24.2 Å². The van der Waals surface area contributed by atoms with Crippen LogP contribution < -0.4 is 5.73 Å². The van der Waals surface area contributed by atoms with Gasteiger partial charge in [0.15, 0.2) is 0 Å². The van der Waals surface area contributed by atoms with Crippen LogP contribution in [0.15, 0.2) is 24.3 Å². The number of carbonyl (C=O) groups excluding carboxylic acids is 2. The molecule has 1 heterocycles. The minimum atomic E-state index is 0. The summed E-state index contributed by atoms with van der Waals surface area (Å²) >= 11 is 6.12. The second-order valence-electron chi connectivity index (χ2n) is 6.48. The third-order valence-electron chi connectivity index (χ3n) is 4.63. The lowest BCUT2D eigenvalue weighted by atomic mass is 10.1. The molecule has 26 heavy (non-hydrogen) atoms. The van der Waals surface area contributed by atoms with Crippen LogP contribution in [0.4, 0.5) is 0 Å². The van der Waals surface area contributed by atoms with E-state index in [2.05, 4.69) is 0 Å². The molecule has 5 nitrogen and oxygen atoms in total. The molecule has 7 heteroatoms. The summed E-state index contributed by atoms with van der Waals surface area (Å²) in [7, 11) is 0. The number of rotatable bonds is 8. The SMILES string of the molecule is Cl.NCCCCCCC(=O)N1CCN(C(=O)Cc2ccccc2Cl)CC1. The Bertz CT molecular complexity index is 576. The van der Waals surface area contributed by atoms with Crippen LogP contribution in [0.3, 0.4) is 0 Å². The van der Waals surface area contributed by atoms with Crippen molar-refractivity contribution in [1.82, 2.24) is 9.80 Å². The molecule has 1 aliphatic rings. The van der Waals surface area contributed by atoms with E-state index in [4.69, 9.17) is 17.3 Å². The molecule has 0 aliphatic carbocycles. The number of nitrogens with zero attached hydrogens (tertiary/aromatic N) is 2. The number of carbonyl (C=O) groups is 2. The predicted octanol–water partition coefficient (Wildman–Crippen LogP) is 2.88. The average molecular weight is 402 g/mol. The van der Waals surface area contributed by atoms with E-state index in [0.29, 0.717) is 44.0 Å². The number of benzene rings is 1. The van der Waals surface area contributed by atoms with E-state index >= 15 is 0 Å². The van der Waals surface area contributed by atoms with Crippen molar-refractivity contribution in [3.05, 3.63) is 34.9 Å². The van der Waals surface area contributed by atoms with Gasteiger partial charge in [0.1, 0.15) is 0 Å². The van der Waals surface area contributed by atoms with Gasteiger partial charge < -0.3 is 15.5 Å². The second-order valence-corrected chi connectivity index (χ2v) is 6.89. The normalized spacial score (nSPS) is 14.1. The van der Waals surface area contributed by atoms with Crippen molar-refractivity contribution in [3.8, 4) is 0 Å². The first-order chi connectivity index (χ1) is 12.1. The Balaban J connectivity index is 0.00000338. The summed E-state index contributed by atoms with van der Waals surface area (Å²) in [5.74, 6) is 0.271. The molecular formula is C19H29Cl2N3O2. The van der Waals surface area contributed by atoms with Crippen molar-refractivity contribution < 1.29 is 9.59 Å². The smallest absolute Gasteiger partial charge is 0.227 e. The van der Waals surface area contributed by atoms with Crippen molar-refractivity contribution in [3.63, 3.8) is 0 Å². The van der Waals surface area contributed by atoms with Gasteiger partial charge >= 0.3 is 0 Å². The minimum Gasteiger partial charge on any atom is -0.339 e. The number of nitrogens with two attached hydrogens (primary N) is 1. The Hall–Kier alpha value is -1.30. The Morgan fingerprint density at radius 3 is 2.12 bits per heavy atom. The molecular weight excluding hydrogens is 373 g/mol. The van der Waals surface area contributed by atoms with Gasteiger partial charge in [-0.2, -0.15) is 0 Å². The first kappa shape index (κ1) is 22.7. The summed E-state index contributed by atoms with van der Waals surface area (Å²) in [6, 6.07) is 7.42. The monoisotopic (exact) mass is 401 g/mol. The Labute approximate surface area is 167 Å². The zero-order valence-corrected chi connectivity index (χ0v) is 16.7. The molecule has 0 unspecified atom stereocenters. The van der Waals surface area contributed by atoms with Gasteiger partial charge in [-0.05, 0) is 31.0 Å². The maximum absolute atomic E-state index is 12.4. The highest BCUT2D eigenvalue weighted by Gasteiger charge is 2.24. The topological polar surface area (TPSA) is 66.6 Å². The molecule has 0 radical (unpaired) electrons. The van der Waals surface area contributed by atoms with Crippen molar-refractivity contribution in [2.24, 2.45) is 5.73 Å². The number of piperazine rings is 1. The summed E-state index contributed by atoms with van der Waals surface area (Å²) in [6.45, 7) is 3.16. The molecule has 0 bridgehead atoms. The molecule has 2 rings (SSSR count). The fourth-order valence-corrected chi connectivity index (χ4v) is 3.26. The van der Waals surface area contributed by atoms with Crippen LogP contribution in [0.2, 0.25) is 5.02 Å². The zero-order valence-electron chi connectivity index (χ0n) is 15.2. The fourth-order valence-electron chi connectivity index (χ4n) is 3.05. The number of halogens is 2. The van der Waals surface area contributed by atoms with Crippen LogP contribution in [0.1, 0.15) is 37.7 Å². The van der Waals surface area contributed by atoms with Gasteiger partial charge in [-0.25, -0.2) is 0 Å². The van der Waals surface area contributed by atoms with Gasteiger partial charge in [0.2, 0.25) is 11.8 Å². The Morgan fingerprint density at radius 1 is 0.923 bits per heavy atom. The third kappa shape index (κ3) is 7.14. The molecule has 1 aromatic rings. The second kappa shape index (κ2) is 12.2. The van der Waals surface area contributed by atoms with Crippen LogP contribution in [0, 0.1) is 0 Å². The van der Waals surface area contributed by atoms with Gasteiger partial charge in [-0.15, -0.1) is 12.4 Å². The molecule has 0 spiro atoms. The molecule has 1 aromatic carbocycles. The van der Waals surface area contributed by atoms with Gasteiger partial charge in [0.25, 0.3) is 0 Å². The summed E-state index contributed by atoms with van der Waals surface area (Å²) in [5.41, 5.74) is 6.32. The van der Waals surface area contributed by atoms with E-state index in [1.807, 2.05) is 28.0 Å². The van der Waals surface area contributed by atoms with Gasteiger partial charge in [-0.1, -0.05) is 42.6 Å². The van der Waals surface area contributed by atoms with E-state index in [9.17, 15) is 9.59 Å².